The molecule has 2 N–H and O–H groups in total. The second-order valence-corrected chi connectivity index (χ2v) is 20.3. The highest BCUT2D eigenvalue weighted by atomic mass is 16.5. The van der Waals surface area contributed by atoms with Crippen molar-refractivity contribution < 1.29 is 24.2 Å². The van der Waals surface area contributed by atoms with Gasteiger partial charge in [0.1, 0.15) is 6.10 Å². The van der Waals surface area contributed by atoms with Gasteiger partial charge < -0.3 is 15.2 Å². The summed E-state index contributed by atoms with van der Waals surface area (Å²) in [5.74, 6) is 1.69. The number of Topliss-reactive ketones (excluding diaryl/α,β-unsaturated/α-hetero) is 1. The maximum Gasteiger partial charge on any atom is 0.309 e. The van der Waals surface area contributed by atoms with Crippen LogP contribution in [-0.4, -0.2) is 42.0 Å². The number of carbonyl (C=O) groups excluding carboxylic acids is 2. The number of carboxylic acid groups (broad SMARTS) is 1. The number of hydrogen-bond acceptors (Lipinski definition) is 5. The molecule has 0 bridgehead atoms. The van der Waals surface area contributed by atoms with Gasteiger partial charge in [0.2, 0.25) is 0 Å². The molecule has 0 saturated heterocycles. The minimum atomic E-state index is -1.14. The minimum Gasteiger partial charge on any atom is -0.481 e. The number of ketones is 1. The fourth-order valence-corrected chi connectivity index (χ4v) is 13.7. The van der Waals surface area contributed by atoms with Crippen molar-refractivity contribution in [2.24, 2.45) is 62.1 Å². The molecule has 5 fully saturated rings. The molecule has 0 spiro atoms. The van der Waals surface area contributed by atoms with Crippen LogP contribution in [0, 0.1) is 62.1 Å². The Hall–Kier alpha value is -1.69. The smallest absolute Gasteiger partial charge is 0.309 e. The molecule has 6 aliphatic carbocycles. The van der Waals surface area contributed by atoms with E-state index in [9.17, 15) is 19.5 Å². The van der Waals surface area contributed by atoms with Crippen molar-refractivity contribution in [3.8, 4) is 0 Å². The number of fused-ring (bicyclic) bond motifs is 7. The standard InChI is InChI=1S/C43H69NO5/c1-27(2)35-30(45)24-43(22-23-44-26-28-12-10-11-13-28)21-20-41(8)29(36(35)43)14-15-32-40(7)18-17-33(49-34(46)25-38(3,4)37(47)48)39(5,6)31(40)16-19-42(32,41)9/h27-29,31-33,44H,10-26H2,1-9H3,(H,47,48)/t29-,31?,32?,33+,40+,41-,42-,43-/m1/s1. The summed E-state index contributed by atoms with van der Waals surface area (Å²) in [6, 6.07) is 0. The third-order valence-corrected chi connectivity index (χ3v) is 16.6. The van der Waals surface area contributed by atoms with E-state index in [2.05, 4.69) is 53.8 Å². The Morgan fingerprint density at radius 2 is 1.59 bits per heavy atom. The van der Waals surface area contributed by atoms with Crippen molar-refractivity contribution in [2.45, 2.75) is 165 Å². The van der Waals surface area contributed by atoms with Gasteiger partial charge in [-0.25, -0.2) is 0 Å². The molecule has 0 aromatic rings. The number of hydrogen-bond donors (Lipinski definition) is 2. The predicted molar refractivity (Wildman–Crippen MR) is 195 cm³/mol. The number of ether oxygens (including phenoxy) is 1. The fourth-order valence-electron chi connectivity index (χ4n) is 13.7. The molecular weight excluding hydrogens is 610 g/mol. The zero-order chi connectivity index (χ0) is 35.8. The van der Waals surface area contributed by atoms with E-state index in [1.165, 1.54) is 56.9 Å². The van der Waals surface area contributed by atoms with E-state index in [1.807, 2.05) is 0 Å². The van der Waals surface area contributed by atoms with Crippen LogP contribution in [0.15, 0.2) is 11.1 Å². The number of allylic oxidation sites excluding steroid dienone is 2. The van der Waals surface area contributed by atoms with Crippen molar-refractivity contribution in [1.29, 1.82) is 0 Å². The number of rotatable bonds is 10. The SMILES string of the molecule is CC(C)C1=C2[C@H]3CCC4[C@@]5(C)CC[C@H](OC(=O)CC(C)(C)C(=O)O)C(C)(C)C5CC[C@@]4(C)[C@]3(C)CC[C@@]2(CCNCC2CCCC2)CC1=O. The highest BCUT2D eigenvalue weighted by Gasteiger charge is 2.70. The maximum atomic E-state index is 14.0. The zero-order valence-corrected chi connectivity index (χ0v) is 32.6. The first-order valence-electron chi connectivity index (χ1n) is 20.2. The van der Waals surface area contributed by atoms with Gasteiger partial charge in [0, 0.05) is 17.3 Å². The molecule has 5 saturated carbocycles. The summed E-state index contributed by atoms with van der Waals surface area (Å²) in [5, 5.41) is 13.5. The van der Waals surface area contributed by atoms with Crippen LogP contribution in [0.2, 0.25) is 0 Å². The second kappa shape index (κ2) is 12.8. The zero-order valence-electron chi connectivity index (χ0n) is 32.6. The van der Waals surface area contributed by atoms with Crippen LogP contribution in [0.3, 0.4) is 0 Å². The van der Waals surface area contributed by atoms with Crippen LogP contribution >= 0.6 is 0 Å². The van der Waals surface area contributed by atoms with Gasteiger partial charge in [-0.2, -0.15) is 0 Å². The number of esters is 1. The average Bonchev–Trinajstić information content (AvgIpc) is 3.62. The molecule has 0 aromatic heterocycles. The molecular formula is C43H69NO5. The van der Waals surface area contributed by atoms with Crippen molar-refractivity contribution in [3.63, 3.8) is 0 Å². The average molecular weight is 680 g/mol. The molecule has 6 nitrogen and oxygen atoms in total. The first kappa shape index (κ1) is 37.1. The highest BCUT2D eigenvalue weighted by molar-refractivity contribution is 6.00. The summed E-state index contributed by atoms with van der Waals surface area (Å²) < 4.78 is 6.18. The summed E-state index contributed by atoms with van der Waals surface area (Å²) in [4.78, 5) is 38.7. The van der Waals surface area contributed by atoms with Crippen LogP contribution < -0.4 is 5.32 Å². The number of nitrogens with one attached hydrogen (secondary N) is 1. The highest BCUT2D eigenvalue weighted by Crippen LogP contribution is 2.77. The second-order valence-electron chi connectivity index (χ2n) is 20.3. The van der Waals surface area contributed by atoms with E-state index >= 15 is 0 Å². The van der Waals surface area contributed by atoms with Gasteiger partial charge in [-0.05, 0) is 149 Å². The van der Waals surface area contributed by atoms with E-state index in [0.717, 1.165) is 57.5 Å². The molecule has 8 atom stereocenters. The quantitative estimate of drug-likeness (QED) is 0.177. The molecule has 0 aromatic carbocycles. The lowest BCUT2D eigenvalue weighted by molar-refractivity contribution is -0.233. The van der Waals surface area contributed by atoms with Crippen LogP contribution in [-0.2, 0) is 19.1 Å². The third-order valence-electron chi connectivity index (χ3n) is 16.6. The summed E-state index contributed by atoms with van der Waals surface area (Å²) in [5.41, 5.74) is 1.98. The monoisotopic (exact) mass is 680 g/mol. The van der Waals surface area contributed by atoms with Gasteiger partial charge in [0.05, 0.1) is 11.8 Å². The molecule has 0 amide bonds. The normalized spacial score (nSPS) is 40.5. The van der Waals surface area contributed by atoms with Gasteiger partial charge in [0.25, 0.3) is 0 Å². The Balaban J connectivity index is 1.24. The number of carboxylic acids is 1. The third kappa shape index (κ3) is 5.88. The lowest BCUT2D eigenvalue weighted by Crippen LogP contribution is -2.65. The van der Waals surface area contributed by atoms with Gasteiger partial charge in [0.15, 0.2) is 5.78 Å². The number of carbonyl (C=O) groups is 3. The summed E-state index contributed by atoms with van der Waals surface area (Å²) in [6.45, 7) is 22.3. The lowest BCUT2D eigenvalue weighted by atomic mass is 9.33. The van der Waals surface area contributed by atoms with E-state index < -0.39 is 11.4 Å². The van der Waals surface area contributed by atoms with Crippen LogP contribution in [0.1, 0.15) is 159 Å². The molecule has 0 heterocycles. The van der Waals surface area contributed by atoms with Crippen LogP contribution in [0.5, 0.6) is 0 Å². The van der Waals surface area contributed by atoms with Crippen LogP contribution in [0.4, 0.5) is 0 Å². The molecule has 0 aliphatic heterocycles. The van der Waals surface area contributed by atoms with Gasteiger partial charge in [-0.3, -0.25) is 14.4 Å². The Morgan fingerprint density at radius 1 is 0.898 bits per heavy atom. The maximum absolute atomic E-state index is 14.0. The molecule has 2 unspecified atom stereocenters. The van der Waals surface area contributed by atoms with E-state index in [0.29, 0.717) is 23.5 Å². The van der Waals surface area contributed by atoms with Crippen molar-refractivity contribution in [1.82, 2.24) is 5.32 Å². The van der Waals surface area contributed by atoms with Gasteiger partial charge in [-0.15, -0.1) is 0 Å². The lowest BCUT2D eigenvalue weighted by Gasteiger charge is -2.72. The van der Waals surface area contributed by atoms with E-state index in [1.54, 1.807) is 19.4 Å². The molecule has 6 heteroatoms. The van der Waals surface area contributed by atoms with Gasteiger partial charge >= 0.3 is 11.9 Å². The fraction of sp³-hybridized carbons (Fsp3) is 0.884. The minimum absolute atomic E-state index is 0.0347. The van der Waals surface area contributed by atoms with Crippen molar-refractivity contribution >= 4 is 17.7 Å². The summed E-state index contributed by atoms with van der Waals surface area (Å²) >= 11 is 0. The predicted octanol–water partition coefficient (Wildman–Crippen LogP) is 9.55. The molecule has 0 radical (unpaired) electrons. The Morgan fingerprint density at radius 3 is 2.24 bits per heavy atom. The van der Waals surface area contributed by atoms with Gasteiger partial charge in [-0.1, -0.05) is 66.9 Å². The molecule has 276 valence electrons. The first-order chi connectivity index (χ1) is 22.8. The topological polar surface area (TPSA) is 92.7 Å². The van der Waals surface area contributed by atoms with E-state index in [-0.39, 0.29) is 51.5 Å². The molecule has 49 heavy (non-hydrogen) atoms. The molecule has 6 rings (SSSR count). The van der Waals surface area contributed by atoms with Crippen LogP contribution in [0.25, 0.3) is 0 Å². The molecule has 6 aliphatic rings. The summed E-state index contributed by atoms with van der Waals surface area (Å²) in [7, 11) is 0. The Kier molecular flexibility index (Phi) is 9.66. The van der Waals surface area contributed by atoms with E-state index in [4.69, 9.17) is 4.74 Å². The summed E-state index contributed by atoms with van der Waals surface area (Å²) in [6.07, 6.45) is 15.9. The Labute approximate surface area is 297 Å². The Bertz CT molecular complexity index is 1360. The van der Waals surface area contributed by atoms with Crippen molar-refractivity contribution in [3.05, 3.63) is 11.1 Å². The largest absolute Gasteiger partial charge is 0.481 e. The van der Waals surface area contributed by atoms with Crippen molar-refractivity contribution in [2.75, 3.05) is 13.1 Å². The first-order valence-corrected chi connectivity index (χ1v) is 20.2. The number of aliphatic carboxylic acids is 1.